The van der Waals surface area contributed by atoms with Gasteiger partial charge in [-0.05, 0) is 56.2 Å². The molecule has 0 bridgehead atoms. The predicted octanol–water partition coefficient (Wildman–Crippen LogP) is 4.43. The van der Waals surface area contributed by atoms with Gasteiger partial charge in [0, 0.05) is 11.1 Å². The van der Waals surface area contributed by atoms with Gasteiger partial charge in [-0.3, -0.25) is 4.79 Å². The molecule has 0 aliphatic carbocycles. The topological polar surface area (TPSA) is 50.8 Å². The molecule has 4 rings (SSSR count). The van der Waals surface area contributed by atoms with Crippen LogP contribution in [0.3, 0.4) is 0 Å². The first kappa shape index (κ1) is 20.3. The molecule has 5 nitrogen and oxygen atoms in total. The second-order valence-electron chi connectivity index (χ2n) is 8.96. The summed E-state index contributed by atoms with van der Waals surface area (Å²) in [6.07, 6.45) is 4.24. The number of ether oxygens (including phenoxy) is 2. The minimum absolute atomic E-state index is 0.0391. The molecule has 30 heavy (non-hydrogen) atoms. The Labute approximate surface area is 178 Å². The molecule has 1 atom stereocenters. The number of carbonyl (C=O) groups is 1. The van der Waals surface area contributed by atoms with Crippen molar-refractivity contribution < 1.29 is 14.3 Å². The van der Waals surface area contributed by atoms with Gasteiger partial charge in [0.25, 0.3) is 0 Å². The number of anilines is 1. The van der Waals surface area contributed by atoms with Gasteiger partial charge in [0.1, 0.15) is 5.66 Å². The maximum atomic E-state index is 12.5. The van der Waals surface area contributed by atoms with Crippen LogP contribution in [0.15, 0.2) is 42.5 Å². The van der Waals surface area contributed by atoms with E-state index in [4.69, 9.17) is 9.47 Å². The molecule has 2 aliphatic heterocycles. The van der Waals surface area contributed by atoms with Crippen molar-refractivity contribution in [3.05, 3.63) is 59.2 Å². The van der Waals surface area contributed by atoms with Crippen molar-refractivity contribution >= 4 is 17.7 Å². The highest BCUT2D eigenvalue weighted by molar-refractivity contribution is 5.91. The SMILES string of the molecule is COc1cc(/C=C/[C@]23NC(=O)CN2c2ccc(C)cc2C3(C)C)ccc1OC(C)C. The van der Waals surface area contributed by atoms with E-state index in [2.05, 4.69) is 61.3 Å². The molecule has 2 aromatic rings. The number of hydrogen-bond donors (Lipinski definition) is 1. The second kappa shape index (κ2) is 7.08. The van der Waals surface area contributed by atoms with Gasteiger partial charge in [0.2, 0.25) is 5.91 Å². The van der Waals surface area contributed by atoms with Crippen molar-refractivity contribution in [3.63, 3.8) is 0 Å². The summed E-state index contributed by atoms with van der Waals surface area (Å²) < 4.78 is 11.3. The standard InChI is InChI=1S/C25H30N2O3/c1-16(2)30-21-10-8-18(14-22(21)29-6)11-12-25-24(4,5)19-13-17(3)7-9-20(19)27(25)15-23(28)26-25/h7-14,16H,15H2,1-6H3,(H,26,28)/b12-11+/t25-/m0/s1. The average Bonchev–Trinajstić information content (AvgIpc) is 3.11. The third kappa shape index (κ3) is 3.04. The van der Waals surface area contributed by atoms with E-state index in [-0.39, 0.29) is 17.4 Å². The monoisotopic (exact) mass is 406 g/mol. The number of benzene rings is 2. The normalized spacial score (nSPS) is 21.7. The lowest BCUT2D eigenvalue weighted by molar-refractivity contribution is -0.118. The van der Waals surface area contributed by atoms with E-state index >= 15 is 0 Å². The molecule has 0 spiro atoms. The Morgan fingerprint density at radius 1 is 1.13 bits per heavy atom. The zero-order chi connectivity index (χ0) is 21.7. The molecule has 2 aromatic carbocycles. The van der Waals surface area contributed by atoms with Crippen molar-refractivity contribution in [1.82, 2.24) is 5.32 Å². The molecule has 2 heterocycles. The van der Waals surface area contributed by atoms with E-state index in [1.807, 2.05) is 32.0 Å². The lowest BCUT2D eigenvalue weighted by Crippen LogP contribution is -2.58. The van der Waals surface area contributed by atoms with Crippen LogP contribution in [0.4, 0.5) is 5.69 Å². The minimum Gasteiger partial charge on any atom is -0.493 e. The zero-order valence-corrected chi connectivity index (χ0v) is 18.6. The lowest BCUT2D eigenvalue weighted by atomic mass is 9.75. The predicted molar refractivity (Wildman–Crippen MR) is 120 cm³/mol. The lowest BCUT2D eigenvalue weighted by Gasteiger charge is -2.40. The van der Waals surface area contributed by atoms with Gasteiger partial charge in [0.15, 0.2) is 11.5 Å². The number of aryl methyl sites for hydroxylation is 1. The van der Waals surface area contributed by atoms with Gasteiger partial charge in [-0.25, -0.2) is 0 Å². The van der Waals surface area contributed by atoms with Crippen molar-refractivity contribution in [1.29, 1.82) is 0 Å². The third-order valence-electron chi connectivity index (χ3n) is 6.19. The van der Waals surface area contributed by atoms with E-state index in [0.29, 0.717) is 12.3 Å². The first-order chi connectivity index (χ1) is 14.2. The second-order valence-corrected chi connectivity index (χ2v) is 8.96. The van der Waals surface area contributed by atoms with Crippen LogP contribution < -0.4 is 19.7 Å². The van der Waals surface area contributed by atoms with Crippen molar-refractivity contribution in [2.24, 2.45) is 0 Å². The van der Waals surface area contributed by atoms with Crippen molar-refractivity contribution in [3.8, 4) is 11.5 Å². The van der Waals surface area contributed by atoms with Crippen LogP contribution in [-0.2, 0) is 10.2 Å². The molecule has 158 valence electrons. The van der Waals surface area contributed by atoms with E-state index in [1.165, 1.54) is 11.1 Å². The minimum atomic E-state index is -0.611. The van der Waals surface area contributed by atoms with Crippen LogP contribution >= 0.6 is 0 Å². The van der Waals surface area contributed by atoms with E-state index in [9.17, 15) is 4.79 Å². The fourth-order valence-corrected chi connectivity index (χ4v) is 4.64. The number of rotatable bonds is 5. The molecule has 0 unspecified atom stereocenters. The van der Waals surface area contributed by atoms with Crippen LogP contribution in [-0.4, -0.2) is 31.3 Å². The average molecular weight is 407 g/mol. The summed E-state index contributed by atoms with van der Waals surface area (Å²) in [6, 6.07) is 12.4. The first-order valence-corrected chi connectivity index (χ1v) is 10.4. The van der Waals surface area contributed by atoms with Crippen molar-refractivity contribution in [2.45, 2.75) is 51.8 Å². The van der Waals surface area contributed by atoms with Crippen LogP contribution in [0.25, 0.3) is 6.08 Å². The highest BCUT2D eigenvalue weighted by Crippen LogP contribution is 2.53. The van der Waals surface area contributed by atoms with Crippen molar-refractivity contribution in [2.75, 3.05) is 18.6 Å². The van der Waals surface area contributed by atoms with Crippen LogP contribution in [0.1, 0.15) is 44.4 Å². The Kier molecular flexibility index (Phi) is 4.80. The number of amides is 1. The molecule has 2 aliphatic rings. The molecule has 1 amide bonds. The van der Waals surface area contributed by atoms with E-state index < -0.39 is 5.66 Å². The summed E-state index contributed by atoms with van der Waals surface area (Å²) in [5.74, 6) is 1.46. The van der Waals surface area contributed by atoms with Gasteiger partial charge < -0.3 is 19.7 Å². The molecule has 0 saturated carbocycles. The molecule has 0 radical (unpaired) electrons. The van der Waals surface area contributed by atoms with E-state index in [1.54, 1.807) is 7.11 Å². The highest BCUT2D eigenvalue weighted by Gasteiger charge is 2.59. The number of hydrogen-bond acceptors (Lipinski definition) is 4. The van der Waals surface area contributed by atoms with Gasteiger partial charge in [0.05, 0.1) is 19.8 Å². The highest BCUT2D eigenvalue weighted by atomic mass is 16.5. The first-order valence-electron chi connectivity index (χ1n) is 10.4. The largest absolute Gasteiger partial charge is 0.493 e. The fourth-order valence-electron chi connectivity index (χ4n) is 4.64. The molecule has 5 heteroatoms. The number of carbonyl (C=O) groups excluding carboxylic acids is 1. The summed E-state index contributed by atoms with van der Waals surface area (Å²) in [5.41, 5.74) is 3.68. The Balaban J connectivity index is 1.74. The summed E-state index contributed by atoms with van der Waals surface area (Å²) >= 11 is 0. The summed E-state index contributed by atoms with van der Waals surface area (Å²) in [7, 11) is 1.65. The Morgan fingerprint density at radius 2 is 1.90 bits per heavy atom. The molecule has 1 saturated heterocycles. The summed E-state index contributed by atoms with van der Waals surface area (Å²) in [5, 5.41) is 3.27. The molecule has 1 N–H and O–H groups in total. The van der Waals surface area contributed by atoms with Crippen LogP contribution in [0, 0.1) is 6.92 Å². The molecular formula is C25H30N2O3. The van der Waals surface area contributed by atoms with Gasteiger partial charge in [-0.15, -0.1) is 0 Å². The fraction of sp³-hybridized carbons (Fsp3) is 0.400. The number of nitrogens with one attached hydrogen (secondary N) is 1. The summed E-state index contributed by atoms with van der Waals surface area (Å²) in [6.45, 7) is 10.8. The van der Waals surface area contributed by atoms with Crippen LogP contribution in [0.2, 0.25) is 0 Å². The van der Waals surface area contributed by atoms with Gasteiger partial charge in [-0.1, -0.05) is 43.7 Å². The molecule has 1 fully saturated rings. The Hall–Kier alpha value is -2.95. The maximum Gasteiger partial charge on any atom is 0.241 e. The third-order valence-corrected chi connectivity index (χ3v) is 6.19. The molecule has 0 aromatic heterocycles. The van der Waals surface area contributed by atoms with Gasteiger partial charge >= 0.3 is 0 Å². The van der Waals surface area contributed by atoms with Crippen LogP contribution in [0.5, 0.6) is 11.5 Å². The zero-order valence-electron chi connectivity index (χ0n) is 18.6. The number of nitrogens with zero attached hydrogens (tertiary/aromatic N) is 1. The van der Waals surface area contributed by atoms with Gasteiger partial charge in [-0.2, -0.15) is 0 Å². The quantitative estimate of drug-likeness (QED) is 0.798. The Morgan fingerprint density at radius 3 is 2.60 bits per heavy atom. The number of fused-ring (bicyclic) bond motifs is 3. The smallest absolute Gasteiger partial charge is 0.241 e. The Bertz CT molecular complexity index is 1030. The number of methoxy groups -OCH3 is 1. The summed E-state index contributed by atoms with van der Waals surface area (Å²) in [4.78, 5) is 14.7. The molecular weight excluding hydrogens is 376 g/mol. The maximum absolute atomic E-state index is 12.5. The van der Waals surface area contributed by atoms with E-state index in [0.717, 1.165) is 17.0 Å².